The Morgan fingerprint density at radius 3 is 2.60 bits per heavy atom. The zero-order chi connectivity index (χ0) is 25.0. The summed E-state index contributed by atoms with van der Waals surface area (Å²) < 4.78 is 13.7. The number of nitrogens with one attached hydrogen (secondary N) is 1. The molecule has 190 valence electrons. The standard InChI is InChI=1S/C31H43FN2O/c1-22(2)29(33-20-25-12-8-9-13-27(25)23-10-6-5-7-11-23)30(35)34-19-18-28(31(3,4)21-34)24-14-16-26(32)17-15-24/h5-7,9-11,13-14,22,26,28-29,33H,8,12,15-21H2,1-4H3/t26?,28?,29-/m1/s1. The molecule has 4 heteroatoms. The molecule has 0 bridgehead atoms. The van der Waals surface area contributed by atoms with Crippen LogP contribution in [-0.2, 0) is 4.79 Å². The predicted octanol–water partition coefficient (Wildman–Crippen LogP) is 6.73. The van der Waals surface area contributed by atoms with Gasteiger partial charge in [-0.3, -0.25) is 4.79 Å². The minimum Gasteiger partial charge on any atom is -0.341 e. The molecule has 2 unspecified atom stereocenters. The van der Waals surface area contributed by atoms with E-state index in [1.807, 2.05) is 0 Å². The Balaban J connectivity index is 1.44. The second kappa shape index (κ2) is 11.2. The molecule has 1 amide bonds. The normalized spacial score (nSPS) is 25.5. The molecule has 3 aliphatic rings. The number of rotatable bonds is 7. The Labute approximate surface area is 211 Å². The lowest BCUT2D eigenvalue weighted by atomic mass is 9.68. The molecule has 1 aromatic rings. The Hall–Kier alpha value is -2.20. The second-order valence-electron chi connectivity index (χ2n) is 11.7. The van der Waals surface area contributed by atoms with Crippen LogP contribution >= 0.6 is 0 Å². The van der Waals surface area contributed by atoms with Gasteiger partial charge >= 0.3 is 0 Å². The van der Waals surface area contributed by atoms with Crippen LogP contribution in [0.25, 0.3) is 5.57 Å². The first-order valence-electron chi connectivity index (χ1n) is 13.6. The van der Waals surface area contributed by atoms with Gasteiger partial charge in [-0.15, -0.1) is 0 Å². The Bertz CT molecular complexity index is 975. The smallest absolute Gasteiger partial charge is 0.239 e. The van der Waals surface area contributed by atoms with Gasteiger partial charge in [0.05, 0.1) is 6.04 Å². The number of allylic oxidation sites excluding steroid dienone is 5. The summed E-state index contributed by atoms with van der Waals surface area (Å²) in [6.07, 6.45) is 11.1. The monoisotopic (exact) mass is 478 g/mol. The quantitative estimate of drug-likeness (QED) is 0.441. The molecule has 0 aromatic heterocycles. The van der Waals surface area contributed by atoms with E-state index in [0.717, 1.165) is 45.3 Å². The molecule has 1 fully saturated rings. The average molecular weight is 479 g/mol. The molecule has 0 spiro atoms. The van der Waals surface area contributed by atoms with Gasteiger partial charge in [-0.2, -0.15) is 0 Å². The molecule has 1 heterocycles. The van der Waals surface area contributed by atoms with Crippen molar-refractivity contribution < 1.29 is 9.18 Å². The molecule has 3 nitrogen and oxygen atoms in total. The summed E-state index contributed by atoms with van der Waals surface area (Å²) in [5, 5.41) is 3.66. The first-order valence-corrected chi connectivity index (χ1v) is 13.6. The van der Waals surface area contributed by atoms with Crippen LogP contribution in [0.3, 0.4) is 0 Å². The number of alkyl halides is 1. The van der Waals surface area contributed by atoms with E-state index in [9.17, 15) is 9.18 Å². The van der Waals surface area contributed by atoms with Gasteiger partial charge in [0.25, 0.3) is 0 Å². The lowest BCUT2D eigenvalue weighted by molar-refractivity contribution is -0.138. The zero-order valence-corrected chi connectivity index (χ0v) is 22.0. The van der Waals surface area contributed by atoms with E-state index in [2.05, 4.69) is 86.5 Å². The number of likely N-dealkylation sites (tertiary alicyclic amines) is 1. The first kappa shape index (κ1) is 25.9. The molecule has 1 N–H and O–H groups in total. The molecular weight excluding hydrogens is 435 g/mol. The topological polar surface area (TPSA) is 32.3 Å². The van der Waals surface area contributed by atoms with E-state index < -0.39 is 6.17 Å². The van der Waals surface area contributed by atoms with Gasteiger partial charge in [-0.25, -0.2) is 4.39 Å². The van der Waals surface area contributed by atoms with Crippen molar-refractivity contribution in [1.82, 2.24) is 10.2 Å². The number of benzene rings is 1. The largest absolute Gasteiger partial charge is 0.341 e. The number of hydrogen-bond acceptors (Lipinski definition) is 2. The number of halogens is 1. The summed E-state index contributed by atoms with van der Waals surface area (Å²) in [6.45, 7) is 11.1. The van der Waals surface area contributed by atoms with Gasteiger partial charge < -0.3 is 10.2 Å². The van der Waals surface area contributed by atoms with Crippen molar-refractivity contribution in [2.24, 2.45) is 17.3 Å². The van der Waals surface area contributed by atoms with Crippen LogP contribution in [0.1, 0.15) is 71.8 Å². The van der Waals surface area contributed by atoms with E-state index >= 15 is 0 Å². The van der Waals surface area contributed by atoms with Crippen LogP contribution < -0.4 is 5.32 Å². The van der Waals surface area contributed by atoms with Crippen molar-refractivity contribution in [2.45, 2.75) is 78.4 Å². The van der Waals surface area contributed by atoms with Crippen molar-refractivity contribution >= 4 is 11.5 Å². The number of nitrogens with zero attached hydrogens (tertiary/aromatic N) is 1. The molecule has 0 radical (unpaired) electrons. The number of piperidine rings is 1. The summed E-state index contributed by atoms with van der Waals surface area (Å²) in [6, 6.07) is 10.4. The summed E-state index contributed by atoms with van der Waals surface area (Å²) in [4.78, 5) is 15.8. The highest BCUT2D eigenvalue weighted by Gasteiger charge is 2.41. The maximum absolute atomic E-state index is 13.7. The Morgan fingerprint density at radius 1 is 1.17 bits per heavy atom. The van der Waals surface area contributed by atoms with E-state index in [-0.39, 0.29) is 23.3 Å². The lowest BCUT2D eigenvalue weighted by Crippen LogP contribution is -2.55. The lowest BCUT2D eigenvalue weighted by Gasteiger charge is -2.47. The van der Waals surface area contributed by atoms with Crippen LogP contribution in [0.5, 0.6) is 0 Å². The molecule has 2 aliphatic carbocycles. The number of carbonyl (C=O) groups excluding carboxylic acids is 1. The number of hydrogen-bond donors (Lipinski definition) is 1. The highest BCUT2D eigenvalue weighted by molar-refractivity contribution is 5.83. The highest BCUT2D eigenvalue weighted by Crippen LogP contribution is 2.43. The van der Waals surface area contributed by atoms with Crippen LogP contribution in [-0.4, -0.2) is 42.7 Å². The fourth-order valence-corrected chi connectivity index (χ4v) is 6.22. The van der Waals surface area contributed by atoms with Crippen molar-refractivity contribution in [3.63, 3.8) is 0 Å². The molecule has 1 saturated heterocycles. The maximum atomic E-state index is 13.7. The Kier molecular flexibility index (Phi) is 8.31. The molecule has 35 heavy (non-hydrogen) atoms. The van der Waals surface area contributed by atoms with Gasteiger partial charge in [0.15, 0.2) is 0 Å². The van der Waals surface area contributed by atoms with Crippen LogP contribution in [0.2, 0.25) is 0 Å². The van der Waals surface area contributed by atoms with Gasteiger partial charge in [-0.05, 0) is 72.5 Å². The highest BCUT2D eigenvalue weighted by atomic mass is 19.1. The van der Waals surface area contributed by atoms with Crippen molar-refractivity contribution in [3.05, 3.63) is 65.3 Å². The van der Waals surface area contributed by atoms with Crippen LogP contribution in [0.15, 0.2) is 59.7 Å². The molecule has 4 rings (SSSR count). The van der Waals surface area contributed by atoms with Crippen molar-refractivity contribution in [1.29, 1.82) is 0 Å². The summed E-state index contributed by atoms with van der Waals surface area (Å²) in [5.74, 6) is 0.879. The van der Waals surface area contributed by atoms with Gasteiger partial charge in [0.1, 0.15) is 6.17 Å². The van der Waals surface area contributed by atoms with Gasteiger partial charge in [-0.1, -0.05) is 81.8 Å². The molecular formula is C31H43FN2O. The summed E-state index contributed by atoms with van der Waals surface area (Å²) >= 11 is 0. The summed E-state index contributed by atoms with van der Waals surface area (Å²) in [7, 11) is 0. The Morgan fingerprint density at radius 2 is 1.94 bits per heavy atom. The number of carbonyl (C=O) groups is 1. The predicted molar refractivity (Wildman–Crippen MR) is 144 cm³/mol. The molecule has 1 aliphatic heterocycles. The fraction of sp³-hybridized carbons (Fsp3) is 0.581. The third-order valence-electron chi connectivity index (χ3n) is 8.20. The molecule has 1 aromatic carbocycles. The minimum absolute atomic E-state index is 0.00158. The SMILES string of the molecule is CC(C)[C@@H](NCC1=C(c2ccccc2)C=CCC1)C(=O)N1CCC(C2=CCC(F)CC2)C(C)(C)C1. The van der Waals surface area contributed by atoms with E-state index in [4.69, 9.17) is 0 Å². The van der Waals surface area contributed by atoms with Crippen LogP contribution in [0, 0.1) is 17.3 Å². The van der Waals surface area contributed by atoms with Gasteiger partial charge in [0.2, 0.25) is 5.91 Å². The third-order valence-corrected chi connectivity index (χ3v) is 8.20. The van der Waals surface area contributed by atoms with Crippen molar-refractivity contribution in [2.75, 3.05) is 19.6 Å². The zero-order valence-electron chi connectivity index (χ0n) is 22.0. The molecule has 0 saturated carbocycles. The van der Waals surface area contributed by atoms with E-state index in [0.29, 0.717) is 18.8 Å². The van der Waals surface area contributed by atoms with E-state index in [1.54, 1.807) is 0 Å². The van der Waals surface area contributed by atoms with E-state index in [1.165, 1.54) is 22.3 Å². The minimum atomic E-state index is -0.682. The number of amides is 1. The average Bonchev–Trinajstić information content (AvgIpc) is 2.85. The second-order valence-corrected chi connectivity index (χ2v) is 11.7. The molecule has 3 atom stereocenters. The maximum Gasteiger partial charge on any atom is 0.239 e. The van der Waals surface area contributed by atoms with Crippen molar-refractivity contribution in [3.8, 4) is 0 Å². The fourth-order valence-electron chi connectivity index (χ4n) is 6.22. The van der Waals surface area contributed by atoms with Gasteiger partial charge in [0, 0.05) is 19.6 Å². The van der Waals surface area contributed by atoms with Crippen LogP contribution in [0.4, 0.5) is 4.39 Å². The first-order chi connectivity index (χ1) is 16.8. The third kappa shape index (κ3) is 6.14. The summed E-state index contributed by atoms with van der Waals surface area (Å²) in [5.41, 5.74) is 5.33.